The van der Waals surface area contributed by atoms with Crippen LogP contribution in [0.1, 0.15) is 18.4 Å². The molecule has 96 valence electrons. The van der Waals surface area contributed by atoms with E-state index >= 15 is 0 Å². The van der Waals surface area contributed by atoms with E-state index in [1.807, 2.05) is 0 Å². The molecule has 1 aromatic carbocycles. The minimum atomic E-state index is -0.879. The normalized spacial score (nSPS) is 18.9. The Morgan fingerprint density at radius 1 is 1.56 bits per heavy atom. The Morgan fingerprint density at radius 3 is 2.89 bits per heavy atom. The molecule has 6 heteroatoms. The number of aryl methyl sites for hydroxylation is 1. The summed E-state index contributed by atoms with van der Waals surface area (Å²) in [6.45, 7) is 2.29. The molecule has 0 spiro atoms. The number of nitro benzene ring substituents is 1. The second kappa shape index (κ2) is 4.64. The maximum Gasteiger partial charge on any atom is 0.326 e. The molecule has 0 amide bonds. The van der Waals surface area contributed by atoms with Crippen molar-refractivity contribution in [2.45, 2.75) is 25.8 Å². The summed E-state index contributed by atoms with van der Waals surface area (Å²) < 4.78 is 0. The van der Waals surface area contributed by atoms with E-state index in [2.05, 4.69) is 0 Å². The van der Waals surface area contributed by atoms with Gasteiger partial charge in [-0.2, -0.15) is 0 Å². The van der Waals surface area contributed by atoms with Crippen molar-refractivity contribution >= 4 is 17.3 Å². The van der Waals surface area contributed by atoms with Crippen molar-refractivity contribution in [3.8, 4) is 0 Å². The summed E-state index contributed by atoms with van der Waals surface area (Å²) in [7, 11) is 0. The van der Waals surface area contributed by atoms with E-state index in [1.165, 1.54) is 6.07 Å². The van der Waals surface area contributed by atoms with Crippen LogP contribution in [-0.4, -0.2) is 28.6 Å². The van der Waals surface area contributed by atoms with Crippen LogP contribution in [0.2, 0.25) is 0 Å². The van der Waals surface area contributed by atoms with Crippen LogP contribution in [0.25, 0.3) is 0 Å². The third-order valence-electron chi connectivity index (χ3n) is 3.26. The number of carboxylic acids is 1. The Hall–Kier alpha value is -2.11. The summed E-state index contributed by atoms with van der Waals surface area (Å²) in [5.41, 5.74) is 1.22. The van der Waals surface area contributed by atoms with Gasteiger partial charge in [0.05, 0.1) is 4.92 Å². The Bertz CT molecular complexity index is 501. The number of benzene rings is 1. The van der Waals surface area contributed by atoms with E-state index in [-0.39, 0.29) is 5.69 Å². The summed E-state index contributed by atoms with van der Waals surface area (Å²) in [5.74, 6) is -0.879. The molecular formula is C12H14N2O4. The first-order chi connectivity index (χ1) is 8.50. The summed E-state index contributed by atoms with van der Waals surface area (Å²) in [5, 5.41) is 20.0. The standard InChI is InChI=1S/C12H14N2O4/c1-8-4-5-9(7-11(8)14(17)18)13-6-2-3-10(13)12(15)16/h4-5,7,10H,2-3,6H2,1H3,(H,15,16). The van der Waals surface area contributed by atoms with Gasteiger partial charge < -0.3 is 10.0 Å². The first-order valence-electron chi connectivity index (χ1n) is 5.75. The van der Waals surface area contributed by atoms with Gasteiger partial charge in [-0.15, -0.1) is 0 Å². The van der Waals surface area contributed by atoms with Gasteiger partial charge in [-0.3, -0.25) is 10.1 Å². The maximum atomic E-state index is 11.1. The van der Waals surface area contributed by atoms with Crippen molar-refractivity contribution in [3.05, 3.63) is 33.9 Å². The molecule has 1 unspecified atom stereocenters. The van der Waals surface area contributed by atoms with Gasteiger partial charge in [-0.25, -0.2) is 4.79 Å². The molecule has 0 radical (unpaired) electrons. The number of nitrogens with zero attached hydrogens (tertiary/aromatic N) is 2. The molecule has 1 aromatic rings. The highest BCUT2D eigenvalue weighted by Gasteiger charge is 2.31. The summed E-state index contributed by atoms with van der Waals surface area (Å²) in [6, 6.07) is 4.28. The molecule has 0 bridgehead atoms. The fourth-order valence-electron chi connectivity index (χ4n) is 2.31. The van der Waals surface area contributed by atoms with Crippen LogP contribution in [0.5, 0.6) is 0 Å². The molecule has 18 heavy (non-hydrogen) atoms. The van der Waals surface area contributed by atoms with Gasteiger partial charge in [0, 0.05) is 23.9 Å². The number of carboxylic acid groups (broad SMARTS) is 1. The van der Waals surface area contributed by atoms with Gasteiger partial charge in [0.2, 0.25) is 0 Å². The molecule has 1 aliphatic heterocycles. The minimum Gasteiger partial charge on any atom is -0.480 e. The van der Waals surface area contributed by atoms with Crippen LogP contribution in [0.3, 0.4) is 0 Å². The van der Waals surface area contributed by atoms with E-state index in [9.17, 15) is 14.9 Å². The van der Waals surface area contributed by atoms with E-state index in [0.717, 1.165) is 6.42 Å². The van der Waals surface area contributed by atoms with Crippen molar-refractivity contribution in [1.82, 2.24) is 0 Å². The van der Waals surface area contributed by atoms with Gasteiger partial charge in [0.15, 0.2) is 0 Å². The molecule has 1 fully saturated rings. The zero-order valence-corrected chi connectivity index (χ0v) is 10.00. The Labute approximate surface area is 104 Å². The number of carbonyl (C=O) groups is 1. The predicted molar refractivity (Wildman–Crippen MR) is 65.8 cm³/mol. The summed E-state index contributed by atoms with van der Waals surface area (Å²) >= 11 is 0. The smallest absolute Gasteiger partial charge is 0.326 e. The quantitative estimate of drug-likeness (QED) is 0.654. The summed E-state index contributed by atoms with van der Waals surface area (Å²) in [6.07, 6.45) is 1.37. The third-order valence-corrected chi connectivity index (χ3v) is 3.26. The lowest BCUT2D eigenvalue weighted by Gasteiger charge is -2.23. The zero-order chi connectivity index (χ0) is 13.3. The second-order valence-electron chi connectivity index (χ2n) is 4.42. The lowest BCUT2D eigenvalue weighted by atomic mass is 10.1. The van der Waals surface area contributed by atoms with Crippen LogP contribution in [-0.2, 0) is 4.79 Å². The predicted octanol–water partition coefficient (Wildman–Crippen LogP) is 1.96. The minimum absolute atomic E-state index is 0.0311. The topological polar surface area (TPSA) is 83.7 Å². The molecule has 1 aliphatic rings. The van der Waals surface area contributed by atoms with Crippen LogP contribution in [0, 0.1) is 17.0 Å². The van der Waals surface area contributed by atoms with Gasteiger partial charge in [0.25, 0.3) is 5.69 Å². The Balaban J connectivity index is 2.36. The highest BCUT2D eigenvalue weighted by Crippen LogP contribution is 2.30. The number of anilines is 1. The maximum absolute atomic E-state index is 11.1. The lowest BCUT2D eigenvalue weighted by molar-refractivity contribution is -0.385. The molecule has 1 atom stereocenters. The van der Waals surface area contributed by atoms with Gasteiger partial charge in [-0.1, -0.05) is 6.07 Å². The van der Waals surface area contributed by atoms with Crippen molar-refractivity contribution in [3.63, 3.8) is 0 Å². The first kappa shape index (κ1) is 12.3. The van der Waals surface area contributed by atoms with Crippen molar-refractivity contribution in [2.24, 2.45) is 0 Å². The molecule has 0 saturated carbocycles. The monoisotopic (exact) mass is 250 g/mol. The van der Waals surface area contributed by atoms with Crippen LogP contribution in [0.15, 0.2) is 18.2 Å². The molecule has 1 heterocycles. The average molecular weight is 250 g/mol. The zero-order valence-electron chi connectivity index (χ0n) is 10.00. The van der Waals surface area contributed by atoms with Crippen molar-refractivity contribution in [1.29, 1.82) is 0 Å². The van der Waals surface area contributed by atoms with Crippen molar-refractivity contribution < 1.29 is 14.8 Å². The van der Waals surface area contributed by atoms with E-state index in [0.29, 0.717) is 24.2 Å². The van der Waals surface area contributed by atoms with E-state index < -0.39 is 16.9 Å². The largest absolute Gasteiger partial charge is 0.480 e. The number of rotatable bonds is 3. The van der Waals surface area contributed by atoms with Crippen LogP contribution >= 0.6 is 0 Å². The van der Waals surface area contributed by atoms with Gasteiger partial charge >= 0.3 is 5.97 Å². The molecular weight excluding hydrogens is 236 g/mol. The number of hydrogen-bond donors (Lipinski definition) is 1. The van der Waals surface area contributed by atoms with Crippen molar-refractivity contribution in [2.75, 3.05) is 11.4 Å². The first-order valence-corrected chi connectivity index (χ1v) is 5.75. The fraction of sp³-hybridized carbons (Fsp3) is 0.417. The van der Waals surface area contributed by atoms with Gasteiger partial charge in [0.1, 0.15) is 6.04 Å². The van der Waals surface area contributed by atoms with E-state index in [1.54, 1.807) is 24.0 Å². The fourth-order valence-corrected chi connectivity index (χ4v) is 2.31. The molecule has 0 aliphatic carbocycles. The molecule has 1 saturated heterocycles. The third kappa shape index (κ3) is 2.13. The van der Waals surface area contributed by atoms with E-state index in [4.69, 9.17) is 5.11 Å². The van der Waals surface area contributed by atoms with Crippen LogP contribution < -0.4 is 4.90 Å². The average Bonchev–Trinajstić information content (AvgIpc) is 2.78. The Kier molecular flexibility index (Phi) is 3.18. The molecule has 6 nitrogen and oxygen atoms in total. The number of hydrogen-bond acceptors (Lipinski definition) is 4. The summed E-state index contributed by atoms with van der Waals surface area (Å²) in [4.78, 5) is 23.2. The van der Waals surface area contributed by atoms with Crippen LogP contribution in [0.4, 0.5) is 11.4 Å². The lowest BCUT2D eigenvalue weighted by Crippen LogP contribution is -2.35. The van der Waals surface area contributed by atoms with Gasteiger partial charge in [-0.05, 0) is 25.8 Å². The molecule has 2 rings (SSSR count). The molecule has 0 aromatic heterocycles. The highest BCUT2D eigenvalue weighted by molar-refractivity contribution is 5.79. The number of nitro groups is 1. The Morgan fingerprint density at radius 2 is 2.28 bits per heavy atom. The number of aliphatic carboxylic acids is 1. The second-order valence-corrected chi connectivity index (χ2v) is 4.42. The molecule has 1 N–H and O–H groups in total. The SMILES string of the molecule is Cc1ccc(N2CCCC2C(=O)O)cc1[N+](=O)[O-]. The highest BCUT2D eigenvalue weighted by atomic mass is 16.6.